The van der Waals surface area contributed by atoms with Gasteiger partial charge in [0, 0.05) is 29.8 Å². The zero-order valence-electron chi connectivity index (χ0n) is 14.5. The van der Waals surface area contributed by atoms with Crippen LogP contribution >= 0.6 is 0 Å². The van der Waals surface area contributed by atoms with Crippen LogP contribution in [0.1, 0.15) is 28.8 Å². The first-order chi connectivity index (χ1) is 13.3. The van der Waals surface area contributed by atoms with Crippen molar-refractivity contribution in [1.82, 2.24) is 25.1 Å². The summed E-state index contributed by atoms with van der Waals surface area (Å²) in [5.41, 5.74) is 4.92. The van der Waals surface area contributed by atoms with Crippen LogP contribution in [-0.4, -0.2) is 31.6 Å². The highest BCUT2D eigenvalue weighted by Gasteiger charge is 2.34. The lowest BCUT2D eigenvalue weighted by Crippen LogP contribution is -2.35. The fourth-order valence-corrected chi connectivity index (χ4v) is 3.79. The molecule has 5 rings (SSSR count). The molecule has 0 bridgehead atoms. The molecule has 4 heterocycles. The van der Waals surface area contributed by atoms with Crippen LogP contribution in [-0.2, 0) is 13.0 Å². The predicted octanol–water partition coefficient (Wildman–Crippen LogP) is 3.68. The van der Waals surface area contributed by atoms with Crippen LogP contribution in [0.15, 0.2) is 59.6 Å². The number of hydrogen-bond acceptors (Lipinski definition) is 4. The van der Waals surface area contributed by atoms with Crippen LogP contribution in [0.5, 0.6) is 0 Å². The van der Waals surface area contributed by atoms with E-state index in [1.807, 2.05) is 18.3 Å². The van der Waals surface area contributed by atoms with E-state index in [9.17, 15) is 4.39 Å². The normalized spacial score (nSPS) is 17.1. The third-order valence-electron chi connectivity index (χ3n) is 5.06. The summed E-state index contributed by atoms with van der Waals surface area (Å²) in [6.07, 6.45) is 6.17. The minimum Gasteiger partial charge on any atom is -0.468 e. The van der Waals surface area contributed by atoms with Crippen molar-refractivity contribution in [2.24, 2.45) is 0 Å². The second-order valence-corrected chi connectivity index (χ2v) is 6.68. The molecule has 3 aromatic heterocycles. The zero-order chi connectivity index (χ0) is 18.2. The van der Waals surface area contributed by atoms with Crippen LogP contribution in [0, 0.1) is 5.82 Å². The fraction of sp³-hybridized carbons (Fsp3) is 0.200. The van der Waals surface area contributed by atoms with E-state index in [1.165, 1.54) is 12.1 Å². The van der Waals surface area contributed by atoms with Gasteiger partial charge in [0.1, 0.15) is 11.6 Å². The molecule has 1 atom stereocenters. The molecule has 0 fully saturated rings. The van der Waals surface area contributed by atoms with Crippen molar-refractivity contribution in [1.29, 1.82) is 0 Å². The van der Waals surface area contributed by atoms with Crippen molar-refractivity contribution in [3.63, 3.8) is 0 Å². The zero-order valence-corrected chi connectivity index (χ0v) is 14.5. The molecule has 0 saturated carbocycles. The number of aromatic nitrogens is 4. The Morgan fingerprint density at radius 1 is 1.22 bits per heavy atom. The van der Waals surface area contributed by atoms with Crippen LogP contribution in [0.25, 0.3) is 11.3 Å². The molecular formula is C20H18FN5O. The number of halogens is 1. The van der Waals surface area contributed by atoms with Gasteiger partial charge in [-0.1, -0.05) is 0 Å². The third kappa shape index (κ3) is 2.86. The number of fused-ring (bicyclic) bond motifs is 1. The summed E-state index contributed by atoms with van der Waals surface area (Å²) in [4.78, 5) is 10.2. The summed E-state index contributed by atoms with van der Waals surface area (Å²) >= 11 is 0. The second-order valence-electron chi connectivity index (χ2n) is 6.68. The minimum atomic E-state index is -0.258. The van der Waals surface area contributed by atoms with Gasteiger partial charge in [0.25, 0.3) is 0 Å². The molecule has 27 heavy (non-hydrogen) atoms. The molecule has 4 aromatic rings. The molecule has 2 N–H and O–H groups in total. The van der Waals surface area contributed by atoms with Gasteiger partial charge in [-0.15, -0.1) is 0 Å². The summed E-state index contributed by atoms with van der Waals surface area (Å²) in [6, 6.07) is 10.3. The molecular weight excluding hydrogens is 345 g/mol. The van der Waals surface area contributed by atoms with Gasteiger partial charge in [-0.25, -0.2) is 9.37 Å². The number of benzene rings is 1. The molecule has 0 aliphatic carbocycles. The Kier molecular flexibility index (Phi) is 3.86. The average molecular weight is 363 g/mol. The molecule has 6 nitrogen and oxygen atoms in total. The van der Waals surface area contributed by atoms with Crippen molar-refractivity contribution < 1.29 is 8.81 Å². The monoisotopic (exact) mass is 363 g/mol. The van der Waals surface area contributed by atoms with E-state index in [-0.39, 0.29) is 11.9 Å². The molecule has 7 heteroatoms. The topological polar surface area (TPSA) is 73.7 Å². The lowest BCUT2D eigenvalue weighted by Gasteiger charge is -2.34. The first kappa shape index (κ1) is 16.0. The first-order valence-electron chi connectivity index (χ1n) is 8.87. The maximum Gasteiger partial charge on any atom is 0.123 e. The van der Waals surface area contributed by atoms with E-state index in [0.29, 0.717) is 6.54 Å². The number of furan rings is 1. The summed E-state index contributed by atoms with van der Waals surface area (Å²) in [5.74, 6) is 0.650. The molecule has 136 valence electrons. The number of H-pyrrole nitrogens is 2. The van der Waals surface area contributed by atoms with Gasteiger partial charge in [-0.05, 0) is 36.4 Å². The van der Waals surface area contributed by atoms with E-state index in [0.717, 1.165) is 46.9 Å². The van der Waals surface area contributed by atoms with Gasteiger partial charge in [0.2, 0.25) is 0 Å². The van der Waals surface area contributed by atoms with E-state index >= 15 is 0 Å². The number of aromatic amines is 2. The van der Waals surface area contributed by atoms with E-state index in [1.54, 1.807) is 24.7 Å². The van der Waals surface area contributed by atoms with Crippen molar-refractivity contribution >= 4 is 0 Å². The Hall–Kier alpha value is -3.19. The molecule has 1 aliphatic rings. The minimum absolute atomic E-state index is 0.0658. The number of imidazole rings is 1. The van der Waals surface area contributed by atoms with Crippen molar-refractivity contribution in [2.45, 2.75) is 19.0 Å². The highest BCUT2D eigenvalue weighted by atomic mass is 19.1. The van der Waals surface area contributed by atoms with Gasteiger partial charge in [-0.3, -0.25) is 10.00 Å². The SMILES string of the molecule is Fc1ccc(-c2[nH]ncc2[C@H]2c3nc[nH]c3CCN2Cc2ccco2)cc1. The van der Waals surface area contributed by atoms with E-state index in [4.69, 9.17) is 4.42 Å². The molecule has 0 unspecified atom stereocenters. The Labute approximate surface area is 155 Å². The molecule has 0 spiro atoms. The molecule has 1 aliphatic heterocycles. The van der Waals surface area contributed by atoms with Crippen LogP contribution in [0.4, 0.5) is 4.39 Å². The summed E-state index contributed by atoms with van der Waals surface area (Å²) in [5, 5.41) is 7.36. The molecule has 0 radical (unpaired) electrons. The van der Waals surface area contributed by atoms with Crippen LogP contribution < -0.4 is 0 Å². The average Bonchev–Trinajstić information content (AvgIpc) is 3.44. The largest absolute Gasteiger partial charge is 0.468 e. The van der Waals surface area contributed by atoms with Crippen LogP contribution in [0.3, 0.4) is 0 Å². The van der Waals surface area contributed by atoms with E-state index in [2.05, 4.69) is 25.1 Å². The summed E-state index contributed by atoms with van der Waals surface area (Å²) in [7, 11) is 0. The maximum atomic E-state index is 13.4. The molecule has 0 amide bonds. The smallest absolute Gasteiger partial charge is 0.123 e. The standard InChI is InChI=1S/C20H18FN5O/c21-14-5-3-13(4-6-14)18-16(10-24-25-18)20-19-17(22-12-23-19)7-8-26(20)11-15-2-1-9-27-15/h1-6,9-10,12,20H,7-8,11H2,(H,22,23)(H,24,25)/t20-/m0/s1. The summed E-state index contributed by atoms with van der Waals surface area (Å²) in [6.45, 7) is 1.55. The van der Waals surface area contributed by atoms with Gasteiger partial charge in [0.15, 0.2) is 0 Å². The Morgan fingerprint density at radius 3 is 2.93 bits per heavy atom. The highest BCUT2D eigenvalue weighted by Crippen LogP contribution is 2.38. The first-order valence-corrected chi connectivity index (χ1v) is 8.87. The lowest BCUT2D eigenvalue weighted by atomic mass is 9.94. The molecule has 0 saturated heterocycles. The Bertz CT molecular complexity index is 1030. The van der Waals surface area contributed by atoms with Crippen LogP contribution in [0.2, 0.25) is 0 Å². The van der Waals surface area contributed by atoms with Gasteiger partial charge >= 0.3 is 0 Å². The van der Waals surface area contributed by atoms with Crippen molar-refractivity contribution in [2.75, 3.05) is 6.54 Å². The second kappa shape index (κ2) is 6.51. The van der Waals surface area contributed by atoms with Crippen molar-refractivity contribution in [3.8, 4) is 11.3 Å². The number of rotatable bonds is 4. The van der Waals surface area contributed by atoms with Gasteiger partial charge < -0.3 is 9.40 Å². The lowest BCUT2D eigenvalue weighted by molar-refractivity contribution is 0.185. The number of nitrogens with one attached hydrogen (secondary N) is 2. The predicted molar refractivity (Wildman–Crippen MR) is 97.2 cm³/mol. The quantitative estimate of drug-likeness (QED) is 0.580. The third-order valence-corrected chi connectivity index (χ3v) is 5.06. The van der Waals surface area contributed by atoms with Gasteiger partial charge in [-0.2, -0.15) is 5.10 Å². The number of hydrogen-bond donors (Lipinski definition) is 2. The Balaban J connectivity index is 1.58. The van der Waals surface area contributed by atoms with E-state index < -0.39 is 0 Å². The number of nitrogens with zero attached hydrogens (tertiary/aromatic N) is 3. The maximum absolute atomic E-state index is 13.4. The Morgan fingerprint density at radius 2 is 2.11 bits per heavy atom. The summed E-state index contributed by atoms with van der Waals surface area (Å²) < 4.78 is 18.9. The van der Waals surface area contributed by atoms with Gasteiger partial charge in [0.05, 0.1) is 42.8 Å². The highest BCUT2D eigenvalue weighted by molar-refractivity contribution is 5.64. The van der Waals surface area contributed by atoms with Crippen molar-refractivity contribution in [3.05, 3.63) is 83.7 Å². The fourth-order valence-electron chi connectivity index (χ4n) is 3.79. The molecule has 1 aromatic carbocycles.